The van der Waals surface area contributed by atoms with Crippen LogP contribution >= 0.6 is 0 Å². The Labute approximate surface area is 97.6 Å². The third-order valence-electron chi connectivity index (χ3n) is 2.41. The summed E-state index contributed by atoms with van der Waals surface area (Å²) in [4.78, 5) is 0. The highest BCUT2D eigenvalue weighted by Gasteiger charge is 2.01. The zero-order chi connectivity index (χ0) is 11.8. The number of nitrogen functional groups attached to an aromatic ring is 1. The topological polar surface area (TPSA) is 44.5 Å². The van der Waals surface area contributed by atoms with E-state index in [1.54, 1.807) is 0 Å². The SMILES string of the molecule is CCCCOCCOc1cccc(C)c1N. The maximum atomic E-state index is 5.88. The van der Waals surface area contributed by atoms with Gasteiger partial charge in [-0.25, -0.2) is 0 Å². The second-order valence-electron chi connectivity index (χ2n) is 3.80. The number of nitrogens with two attached hydrogens (primary N) is 1. The van der Waals surface area contributed by atoms with Gasteiger partial charge in [-0.1, -0.05) is 25.5 Å². The van der Waals surface area contributed by atoms with Crippen LogP contribution in [-0.2, 0) is 4.74 Å². The van der Waals surface area contributed by atoms with Gasteiger partial charge in [0, 0.05) is 6.61 Å². The maximum Gasteiger partial charge on any atom is 0.142 e. The van der Waals surface area contributed by atoms with Crippen molar-refractivity contribution in [3.63, 3.8) is 0 Å². The third-order valence-corrected chi connectivity index (χ3v) is 2.41. The largest absolute Gasteiger partial charge is 0.489 e. The molecule has 0 aromatic heterocycles. The maximum absolute atomic E-state index is 5.88. The predicted octanol–water partition coefficient (Wildman–Crippen LogP) is 2.77. The summed E-state index contributed by atoms with van der Waals surface area (Å²) in [6.07, 6.45) is 2.26. The minimum atomic E-state index is 0.553. The van der Waals surface area contributed by atoms with E-state index in [-0.39, 0.29) is 0 Å². The average Bonchev–Trinajstić information content (AvgIpc) is 2.29. The Morgan fingerprint density at radius 3 is 2.75 bits per heavy atom. The molecule has 0 aliphatic heterocycles. The van der Waals surface area contributed by atoms with Gasteiger partial charge >= 0.3 is 0 Å². The molecule has 16 heavy (non-hydrogen) atoms. The van der Waals surface area contributed by atoms with Crippen molar-refractivity contribution in [3.8, 4) is 5.75 Å². The number of ether oxygens (including phenoxy) is 2. The summed E-state index contributed by atoms with van der Waals surface area (Å²) in [7, 11) is 0. The molecule has 0 bridgehead atoms. The fourth-order valence-electron chi connectivity index (χ4n) is 1.34. The van der Waals surface area contributed by atoms with Gasteiger partial charge in [-0.2, -0.15) is 0 Å². The Kier molecular flexibility index (Phi) is 5.72. The number of para-hydroxylation sites is 1. The lowest BCUT2D eigenvalue weighted by atomic mass is 10.2. The minimum Gasteiger partial charge on any atom is -0.489 e. The van der Waals surface area contributed by atoms with Crippen LogP contribution in [0.3, 0.4) is 0 Å². The molecular weight excluding hydrogens is 202 g/mol. The van der Waals surface area contributed by atoms with Crippen LogP contribution in [0.15, 0.2) is 18.2 Å². The lowest BCUT2D eigenvalue weighted by Gasteiger charge is -2.10. The summed E-state index contributed by atoms with van der Waals surface area (Å²) in [6, 6.07) is 5.80. The minimum absolute atomic E-state index is 0.553. The molecule has 90 valence electrons. The molecule has 3 heteroatoms. The van der Waals surface area contributed by atoms with Crippen molar-refractivity contribution in [1.29, 1.82) is 0 Å². The third kappa shape index (κ3) is 4.11. The first-order valence-corrected chi connectivity index (χ1v) is 5.81. The average molecular weight is 223 g/mol. The molecule has 1 aromatic rings. The zero-order valence-corrected chi connectivity index (χ0v) is 10.2. The van der Waals surface area contributed by atoms with E-state index in [1.807, 2.05) is 25.1 Å². The Morgan fingerprint density at radius 2 is 2.00 bits per heavy atom. The Hall–Kier alpha value is -1.22. The van der Waals surface area contributed by atoms with Crippen molar-refractivity contribution in [1.82, 2.24) is 0 Å². The molecule has 0 amide bonds. The van der Waals surface area contributed by atoms with Gasteiger partial charge in [0.05, 0.1) is 12.3 Å². The molecule has 0 radical (unpaired) electrons. The number of rotatable bonds is 7. The van der Waals surface area contributed by atoms with Crippen molar-refractivity contribution in [2.75, 3.05) is 25.6 Å². The summed E-state index contributed by atoms with van der Waals surface area (Å²) in [5, 5.41) is 0. The van der Waals surface area contributed by atoms with Crippen LogP contribution in [0, 0.1) is 6.92 Å². The van der Waals surface area contributed by atoms with Gasteiger partial charge in [-0.3, -0.25) is 0 Å². The second-order valence-corrected chi connectivity index (χ2v) is 3.80. The van der Waals surface area contributed by atoms with E-state index < -0.39 is 0 Å². The van der Waals surface area contributed by atoms with Crippen LogP contribution < -0.4 is 10.5 Å². The normalized spacial score (nSPS) is 10.4. The molecule has 0 saturated heterocycles. The smallest absolute Gasteiger partial charge is 0.142 e. The second kappa shape index (κ2) is 7.12. The lowest BCUT2D eigenvalue weighted by Crippen LogP contribution is -2.08. The summed E-state index contributed by atoms with van der Waals surface area (Å²) in [5.41, 5.74) is 7.64. The van der Waals surface area contributed by atoms with Gasteiger partial charge in [0.1, 0.15) is 12.4 Å². The molecular formula is C13H21NO2. The predicted molar refractivity (Wildman–Crippen MR) is 66.8 cm³/mol. The van der Waals surface area contributed by atoms with E-state index in [0.29, 0.717) is 13.2 Å². The first-order chi connectivity index (χ1) is 7.75. The summed E-state index contributed by atoms with van der Waals surface area (Å²) >= 11 is 0. The monoisotopic (exact) mass is 223 g/mol. The number of anilines is 1. The quantitative estimate of drug-likeness (QED) is 0.571. The molecule has 0 unspecified atom stereocenters. The fraction of sp³-hybridized carbons (Fsp3) is 0.538. The molecule has 0 aliphatic rings. The van der Waals surface area contributed by atoms with Gasteiger partial charge in [-0.15, -0.1) is 0 Å². The van der Waals surface area contributed by atoms with Crippen molar-refractivity contribution in [2.24, 2.45) is 0 Å². The van der Waals surface area contributed by atoms with Crippen LogP contribution in [0.1, 0.15) is 25.3 Å². The van der Waals surface area contributed by atoms with E-state index >= 15 is 0 Å². The molecule has 0 atom stereocenters. The van der Waals surface area contributed by atoms with Crippen LogP contribution in [0.25, 0.3) is 0 Å². The van der Waals surface area contributed by atoms with Crippen LogP contribution in [0.5, 0.6) is 5.75 Å². The Morgan fingerprint density at radius 1 is 1.19 bits per heavy atom. The van der Waals surface area contributed by atoms with Gasteiger partial charge in [0.25, 0.3) is 0 Å². The van der Waals surface area contributed by atoms with Crippen LogP contribution in [0.4, 0.5) is 5.69 Å². The Bertz CT molecular complexity index is 313. The van der Waals surface area contributed by atoms with Gasteiger partial charge in [-0.05, 0) is 25.0 Å². The van der Waals surface area contributed by atoms with Gasteiger partial charge in [0.2, 0.25) is 0 Å². The molecule has 2 N–H and O–H groups in total. The standard InChI is InChI=1S/C13H21NO2/c1-3-4-8-15-9-10-16-12-7-5-6-11(2)13(12)14/h5-7H,3-4,8-10,14H2,1-2H3. The van der Waals surface area contributed by atoms with E-state index in [4.69, 9.17) is 15.2 Å². The van der Waals surface area contributed by atoms with E-state index in [0.717, 1.165) is 36.4 Å². The number of hydrogen-bond acceptors (Lipinski definition) is 3. The van der Waals surface area contributed by atoms with E-state index in [1.165, 1.54) is 0 Å². The molecule has 1 aromatic carbocycles. The number of unbranched alkanes of at least 4 members (excludes halogenated alkanes) is 1. The number of hydrogen-bond donors (Lipinski definition) is 1. The van der Waals surface area contributed by atoms with Crippen molar-refractivity contribution < 1.29 is 9.47 Å². The molecule has 0 saturated carbocycles. The van der Waals surface area contributed by atoms with Gasteiger partial charge in [0.15, 0.2) is 0 Å². The van der Waals surface area contributed by atoms with Gasteiger partial charge < -0.3 is 15.2 Å². The molecule has 0 heterocycles. The van der Waals surface area contributed by atoms with Crippen LogP contribution in [0.2, 0.25) is 0 Å². The fourth-order valence-corrected chi connectivity index (χ4v) is 1.34. The highest BCUT2D eigenvalue weighted by atomic mass is 16.5. The number of aryl methyl sites for hydroxylation is 1. The highest BCUT2D eigenvalue weighted by Crippen LogP contribution is 2.23. The van der Waals surface area contributed by atoms with E-state index in [9.17, 15) is 0 Å². The zero-order valence-electron chi connectivity index (χ0n) is 10.2. The molecule has 3 nitrogen and oxygen atoms in total. The first-order valence-electron chi connectivity index (χ1n) is 5.81. The molecule has 0 aliphatic carbocycles. The number of benzene rings is 1. The van der Waals surface area contributed by atoms with Crippen LogP contribution in [-0.4, -0.2) is 19.8 Å². The van der Waals surface area contributed by atoms with E-state index in [2.05, 4.69) is 6.92 Å². The summed E-state index contributed by atoms with van der Waals surface area (Å²) in [5.74, 6) is 0.749. The van der Waals surface area contributed by atoms with Crippen molar-refractivity contribution in [3.05, 3.63) is 23.8 Å². The summed E-state index contributed by atoms with van der Waals surface area (Å²) in [6.45, 7) is 6.10. The first kappa shape index (κ1) is 12.8. The molecule has 0 spiro atoms. The molecule has 1 rings (SSSR count). The summed E-state index contributed by atoms with van der Waals surface area (Å²) < 4.78 is 10.9. The van der Waals surface area contributed by atoms with Crippen molar-refractivity contribution >= 4 is 5.69 Å². The molecule has 0 fully saturated rings. The Balaban J connectivity index is 2.24. The lowest BCUT2D eigenvalue weighted by molar-refractivity contribution is 0.0983. The highest BCUT2D eigenvalue weighted by molar-refractivity contribution is 5.57. The van der Waals surface area contributed by atoms with Crippen molar-refractivity contribution in [2.45, 2.75) is 26.7 Å².